The first-order valence-electron chi connectivity index (χ1n) is 5.18. The second kappa shape index (κ2) is 4.72. The van der Waals surface area contributed by atoms with Crippen LogP contribution in [0.1, 0.15) is 6.42 Å². The van der Waals surface area contributed by atoms with Gasteiger partial charge < -0.3 is 10.2 Å². The monoisotopic (exact) mass is 252 g/mol. The first-order valence-corrected chi connectivity index (χ1v) is 5.18. The Kier molecular flexibility index (Phi) is 3.28. The number of hydrogen-bond donors (Lipinski definition) is 4. The fraction of sp³-hybridized carbons (Fsp3) is 0.444. The van der Waals surface area contributed by atoms with E-state index >= 15 is 0 Å². The largest absolute Gasteiger partial charge is 0.481 e. The molecule has 0 spiro atoms. The maximum atomic E-state index is 10.4. The number of hydrogen-bond acceptors (Lipinski definition) is 8. The lowest BCUT2D eigenvalue weighted by atomic mass is 10.1. The summed E-state index contributed by atoms with van der Waals surface area (Å²) in [5.41, 5.74) is 6.30. The zero-order chi connectivity index (χ0) is 13.2. The highest BCUT2D eigenvalue weighted by Gasteiger charge is 2.37. The summed E-state index contributed by atoms with van der Waals surface area (Å²) in [6.45, 7) is -0.0353. The summed E-state index contributed by atoms with van der Waals surface area (Å²) in [5, 5.41) is 20.7. The molecule has 0 aromatic rings. The Morgan fingerprint density at radius 1 is 1.50 bits per heavy atom. The Morgan fingerprint density at radius 2 is 2.28 bits per heavy atom. The van der Waals surface area contributed by atoms with Crippen LogP contribution in [0.3, 0.4) is 0 Å². The van der Waals surface area contributed by atoms with Crippen molar-refractivity contribution in [2.45, 2.75) is 18.3 Å². The van der Waals surface area contributed by atoms with Gasteiger partial charge in [0.1, 0.15) is 18.4 Å². The Hall–Kier alpha value is -1.97. The van der Waals surface area contributed by atoms with E-state index in [-0.39, 0.29) is 13.0 Å². The van der Waals surface area contributed by atoms with Gasteiger partial charge in [-0.2, -0.15) is 0 Å². The topological polar surface area (TPSA) is 145 Å². The van der Waals surface area contributed by atoms with Crippen molar-refractivity contribution in [2.24, 2.45) is 25.7 Å². The predicted molar refractivity (Wildman–Crippen MR) is 65.0 cm³/mol. The summed E-state index contributed by atoms with van der Waals surface area (Å²) in [4.78, 5) is 26.1. The van der Waals surface area contributed by atoms with Gasteiger partial charge in [-0.05, 0) is 0 Å². The summed E-state index contributed by atoms with van der Waals surface area (Å²) >= 11 is 0. The number of aliphatic imine (C=N–C) groups is 4. The third-order valence-electron chi connectivity index (χ3n) is 2.40. The molecule has 0 aliphatic carbocycles. The maximum Gasteiger partial charge on any atom is 0.306 e. The molecule has 2 aliphatic heterocycles. The quantitative estimate of drug-likeness (QED) is 0.416. The number of nitrogens with zero attached hydrogens (tertiary/aromatic N) is 4. The van der Waals surface area contributed by atoms with E-state index in [1.807, 2.05) is 0 Å². The second-order valence-electron chi connectivity index (χ2n) is 3.82. The van der Waals surface area contributed by atoms with Gasteiger partial charge in [0.15, 0.2) is 5.84 Å². The molecular weight excluding hydrogens is 240 g/mol. The predicted octanol–water partition coefficient (Wildman–Crippen LogP) is -2.05. The minimum Gasteiger partial charge on any atom is -0.481 e. The van der Waals surface area contributed by atoms with E-state index < -0.39 is 17.9 Å². The van der Waals surface area contributed by atoms with Crippen molar-refractivity contribution in [3.05, 3.63) is 0 Å². The Morgan fingerprint density at radius 3 is 3.00 bits per heavy atom. The summed E-state index contributed by atoms with van der Waals surface area (Å²) in [7, 11) is 0. The molecule has 0 radical (unpaired) electrons. The number of carboxylic acid groups (broad SMARTS) is 1. The molecule has 2 heterocycles. The summed E-state index contributed by atoms with van der Waals surface area (Å²) in [6, 6.07) is 0. The number of aliphatic hydroxyl groups is 1. The minimum absolute atomic E-state index is 0.0353. The third-order valence-corrected chi connectivity index (χ3v) is 2.40. The SMILES string of the molecule is NC1(NCC(O)CC(=O)O)N=CN=C2N=CN=C21. The highest BCUT2D eigenvalue weighted by molar-refractivity contribution is 6.50. The molecule has 96 valence electrons. The molecule has 0 aromatic heterocycles. The van der Waals surface area contributed by atoms with Crippen molar-refractivity contribution in [1.29, 1.82) is 0 Å². The van der Waals surface area contributed by atoms with Gasteiger partial charge in [-0.3, -0.25) is 15.8 Å². The number of carbonyl (C=O) groups is 1. The van der Waals surface area contributed by atoms with Crippen LogP contribution in [0.5, 0.6) is 0 Å². The molecular formula is C9H12N6O3. The molecule has 2 atom stereocenters. The van der Waals surface area contributed by atoms with Crippen LogP contribution >= 0.6 is 0 Å². The molecule has 0 fully saturated rings. The van der Waals surface area contributed by atoms with Crippen LogP contribution in [0.25, 0.3) is 0 Å². The standard InChI is InChI=1S/C9H12N6O3/c10-9(14-2-5(16)1-6(17)18)7-8(12-3-11-7)13-4-15-9/h3-5,14,16H,1-2,10H2,(H,17,18). The van der Waals surface area contributed by atoms with Crippen molar-refractivity contribution < 1.29 is 15.0 Å². The van der Waals surface area contributed by atoms with Crippen molar-refractivity contribution in [3.8, 4) is 0 Å². The van der Waals surface area contributed by atoms with Crippen LogP contribution in [-0.2, 0) is 4.79 Å². The van der Waals surface area contributed by atoms with E-state index in [1.165, 1.54) is 12.7 Å². The molecule has 2 unspecified atom stereocenters. The molecule has 2 aliphatic rings. The number of aliphatic carboxylic acids is 1. The first kappa shape index (κ1) is 12.5. The molecule has 9 heteroatoms. The van der Waals surface area contributed by atoms with Gasteiger partial charge >= 0.3 is 5.97 Å². The van der Waals surface area contributed by atoms with Crippen molar-refractivity contribution in [2.75, 3.05) is 6.54 Å². The van der Waals surface area contributed by atoms with Crippen LogP contribution in [0, 0.1) is 0 Å². The van der Waals surface area contributed by atoms with Crippen LogP contribution in [0.4, 0.5) is 0 Å². The minimum atomic E-state index is -1.34. The first-order chi connectivity index (χ1) is 8.51. The van der Waals surface area contributed by atoms with Gasteiger partial charge in [0.2, 0.25) is 5.79 Å². The highest BCUT2D eigenvalue weighted by atomic mass is 16.4. The smallest absolute Gasteiger partial charge is 0.306 e. The number of nitrogens with one attached hydrogen (secondary N) is 1. The zero-order valence-electron chi connectivity index (χ0n) is 9.32. The van der Waals surface area contributed by atoms with E-state index in [0.29, 0.717) is 11.5 Å². The summed E-state index contributed by atoms with van der Waals surface area (Å²) < 4.78 is 0. The fourth-order valence-corrected chi connectivity index (χ4v) is 1.54. The molecule has 0 saturated heterocycles. The van der Waals surface area contributed by atoms with Gasteiger partial charge in [0, 0.05) is 6.54 Å². The third kappa shape index (κ3) is 2.47. The van der Waals surface area contributed by atoms with Gasteiger partial charge in [-0.25, -0.2) is 20.0 Å². The lowest BCUT2D eigenvalue weighted by molar-refractivity contribution is -0.139. The molecule has 0 amide bonds. The van der Waals surface area contributed by atoms with Crippen molar-refractivity contribution in [1.82, 2.24) is 5.32 Å². The number of fused-ring (bicyclic) bond motifs is 1. The molecule has 0 bridgehead atoms. The van der Waals surface area contributed by atoms with Crippen LogP contribution < -0.4 is 11.1 Å². The van der Waals surface area contributed by atoms with E-state index in [9.17, 15) is 9.90 Å². The van der Waals surface area contributed by atoms with Gasteiger partial charge in [-0.15, -0.1) is 0 Å². The van der Waals surface area contributed by atoms with Gasteiger partial charge in [0.25, 0.3) is 0 Å². The van der Waals surface area contributed by atoms with Crippen molar-refractivity contribution in [3.63, 3.8) is 0 Å². The molecule has 0 saturated carbocycles. The average Bonchev–Trinajstić information content (AvgIpc) is 2.76. The Bertz CT molecular complexity index is 483. The van der Waals surface area contributed by atoms with Crippen molar-refractivity contribution >= 4 is 30.2 Å². The van der Waals surface area contributed by atoms with Crippen LogP contribution in [0.15, 0.2) is 20.0 Å². The maximum absolute atomic E-state index is 10.4. The lowest BCUT2D eigenvalue weighted by Crippen LogP contribution is -2.62. The number of aliphatic hydroxyl groups excluding tert-OH is 1. The summed E-state index contributed by atoms with van der Waals surface area (Å²) in [6.07, 6.45) is 1.10. The van der Waals surface area contributed by atoms with Crippen LogP contribution in [0.2, 0.25) is 0 Å². The van der Waals surface area contributed by atoms with Gasteiger partial charge in [0.05, 0.1) is 12.5 Å². The lowest BCUT2D eigenvalue weighted by Gasteiger charge is -2.28. The number of nitrogens with two attached hydrogens (primary N) is 1. The van der Waals surface area contributed by atoms with E-state index in [2.05, 4.69) is 25.3 Å². The Balaban J connectivity index is 1.99. The number of amidine groups is 1. The normalized spacial score (nSPS) is 26.6. The zero-order valence-corrected chi connectivity index (χ0v) is 9.32. The molecule has 9 nitrogen and oxygen atoms in total. The number of carboxylic acids is 1. The van der Waals surface area contributed by atoms with Crippen LogP contribution in [-0.4, -0.2) is 58.8 Å². The van der Waals surface area contributed by atoms with E-state index in [4.69, 9.17) is 10.8 Å². The molecule has 5 N–H and O–H groups in total. The fourth-order valence-electron chi connectivity index (χ4n) is 1.54. The van der Waals surface area contributed by atoms with E-state index in [1.54, 1.807) is 0 Å². The highest BCUT2D eigenvalue weighted by Crippen LogP contribution is 2.12. The molecule has 0 aromatic carbocycles. The molecule has 2 rings (SSSR count). The van der Waals surface area contributed by atoms with E-state index in [0.717, 1.165) is 0 Å². The summed E-state index contributed by atoms with van der Waals surface area (Å²) in [5.74, 6) is -2.08. The molecule has 18 heavy (non-hydrogen) atoms. The second-order valence-corrected chi connectivity index (χ2v) is 3.82. The van der Waals surface area contributed by atoms with Gasteiger partial charge in [-0.1, -0.05) is 0 Å². The number of rotatable bonds is 5. The average molecular weight is 252 g/mol. The Labute approximate surface area is 102 Å².